The Bertz CT molecular complexity index is 670. The third-order valence-corrected chi connectivity index (χ3v) is 5.02. The van der Waals surface area contributed by atoms with Crippen LogP contribution in [0.1, 0.15) is 30.2 Å². The van der Waals surface area contributed by atoms with Gasteiger partial charge in [0.1, 0.15) is 5.38 Å². The number of fused-ring (bicyclic) bond motifs is 1. The minimum atomic E-state index is -0.673. The highest BCUT2D eigenvalue weighted by atomic mass is 79.9. The molecule has 0 spiro atoms. The highest BCUT2D eigenvalue weighted by molar-refractivity contribution is 9.10. The van der Waals surface area contributed by atoms with E-state index in [1.165, 1.54) is 6.42 Å². The molecule has 5 heteroatoms. The van der Waals surface area contributed by atoms with Crippen LogP contribution in [-0.4, -0.2) is 28.9 Å². The summed E-state index contributed by atoms with van der Waals surface area (Å²) in [4.78, 5) is 18.9. The van der Waals surface area contributed by atoms with Crippen LogP contribution in [0.15, 0.2) is 34.9 Å². The predicted molar refractivity (Wildman–Crippen MR) is 88.5 cm³/mol. The summed E-state index contributed by atoms with van der Waals surface area (Å²) in [6.07, 6.45) is 5.05. The largest absolute Gasteiger partial charge is 0.341 e. The second-order valence-corrected chi connectivity index (χ2v) is 6.58. The Morgan fingerprint density at radius 2 is 2.00 bits per heavy atom. The van der Waals surface area contributed by atoms with Crippen LogP contribution < -0.4 is 0 Å². The van der Waals surface area contributed by atoms with Crippen molar-refractivity contribution in [1.82, 2.24) is 9.88 Å². The van der Waals surface area contributed by atoms with Gasteiger partial charge in [0.15, 0.2) is 0 Å². The fourth-order valence-electron chi connectivity index (χ4n) is 2.77. The number of pyridine rings is 1. The van der Waals surface area contributed by atoms with Gasteiger partial charge in [0, 0.05) is 34.7 Å². The van der Waals surface area contributed by atoms with Gasteiger partial charge >= 0.3 is 0 Å². The smallest absolute Gasteiger partial charge is 0.245 e. The highest BCUT2D eigenvalue weighted by Gasteiger charge is 2.27. The van der Waals surface area contributed by atoms with E-state index in [0.717, 1.165) is 46.9 Å². The summed E-state index contributed by atoms with van der Waals surface area (Å²) in [6.45, 7) is 1.62. The van der Waals surface area contributed by atoms with Gasteiger partial charge in [-0.1, -0.05) is 28.1 Å². The topological polar surface area (TPSA) is 33.2 Å². The van der Waals surface area contributed by atoms with Gasteiger partial charge in [0.05, 0.1) is 5.52 Å². The lowest BCUT2D eigenvalue weighted by Gasteiger charge is -2.28. The number of hydrogen-bond donors (Lipinski definition) is 0. The quantitative estimate of drug-likeness (QED) is 0.742. The first-order valence-electron chi connectivity index (χ1n) is 7.14. The van der Waals surface area contributed by atoms with E-state index in [1.54, 1.807) is 6.20 Å². The zero-order valence-corrected chi connectivity index (χ0v) is 13.9. The Morgan fingerprint density at radius 3 is 2.76 bits per heavy atom. The molecule has 1 fully saturated rings. The van der Waals surface area contributed by atoms with Crippen molar-refractivity contribution < 1.29 is 4.79 Å². The number of hydrogen-bond acceptors (Lipinski definition) is 2. The maximum Gasteiger partial charge on any atom is 0.245 e. The van der Waals surface area contributed by atoms with Crippen molar-refractivity contribution in [3.63, 3.8) is 0 Å². The van der Waals surface area contributed by atoms with Gasteiger partial charge in [-0.25, -0.2) is 0 Å². The molecule has 1 unspecified atom stereocenters. The van der Waals surface area contributed by atoms with Gasteiger partial charge in [-0.3, -0.25) is 9.78 Å². The maximum absolute atomic E-state index is 12.6. The molecule has 0 aliphatic carbocycles. The fraction of sp³-hybridized carbons (Fsp3) is 0.375. The second kappa shape index (κ2) is 6.32. The number of rotatable bonds is 2. The molecule has 1 aromatic carbocycles. The molecule has 1 amide bonds. The van der Waals surface area contributed by atoms with E-state index in [9.17, 15) is 4.79 Å². The molecule has 1 aromatic heterocycles. The number of aromatic nitrogens is 1. The molecule has 1 aliphatic heterocycles. The number of piperidine rings is 1. The number of carbonyl (C=O) groups is 1. The number of amides is 1. The molecule has 2 aromatic rings. The summed E-state index contributed by atoms with van der Waals surface area (Å²) < 4.78 is 0.962. The van der Waals surface area contributed by atoms with Crippen LogP contribution in [0.4, 0.5) is 0 Å². The number of nitrogens with zero attached hydrogens (tertiary/aromatic N) is 2. The van der Waals surface area contributed by atoms with Crippen LogP contribution in [-0.2, 0) is 4.79 Å². The summed E-state index contributed by atoms with van der Waals surface area (Å²) in [5.41, 5.74) is 1.57. The summed E-state index contributed by atoms with van der Waals surface area (Å²) in [5, 5.41) is 0.306. The van der Waals surface area contributed by atoms with Crippen LogP contribution in [0.2, 0.25) is 0 Å². The highest BCUT2D eigenvalue weighted by Crippen LogP contribution is 2.33. The van der Waals surface area contributed by atoms with Gasteiger partial charge in [0.25, 0.3) is 0 Å². The van der Waals surface area contributed by atoms with Crippen LogP contribution in [0.25, 0.3) is 10.9 Å². The van der Waals surface area contributed by atoms with E-state index in [-0.39, 0.29) is 5.91 Å². The van der Waals surface area contributed by atoms with E-state index < -0.39 is 5.38 Å². The molecule has 110 valence electrons. The standard InChI is InChI=1S/C16H16BrClN2O/c17-13-7-6-12(15-11(13)5-4-8-19-15)14(18)16(21)20-9-2-1-3-10-20/h4-8,14H,1-3,9-10H2. The lowest BCUT2D eigenvalue weighted by molar-refractivity contribution is -0.131. The number of halogens is 2. The maximum atomic E-state index is 12.6. The normalized spacial score (nSPS) is 17.0. The number of carbonyl (C=O) groups excluding carboxylic acids is 1. The summed E-state index contributed by atoms with van der Waals surface area (Å²) >= 11 is 9.99. The number of alkyl halides is 1. The van der Waals surface area contributed by atoms with Crippen LogP contribution in [0.3, 0.4) is 0 Å². The average molecular weight is 368 g/mol. The van der Waals surface area contributed by atoms with Crippen molar-refractivity contribution >= 4 is 44.3 Å². The predicted octanol–water partition coefficient (Wildman–Crippen LogP) is 4.29. The lowest BCUT2D eigenvalue weighted by Crippen LogP contribution is -2.37. The lowest BCUT2D eigenvalue weighted by atomic mass is 10.0. The molecule has 0 radical (unpaired) electrons. The second-order valence-electron chi connectivity index (χ2n) is 5.28. The van der Waals surface area contributed by atoms with Crippen LogP contribution in [0, 0.1) is 0 Å². The van der Waals surface area contributed by atoms with E-state index in [1.807, 2.05) is 29.2 Å². The van der Waals surface area contributed by atoms with E-state index in [2.05, 4.69) is 20.9 Å². The molecule has 1 aliphatic rings. The van der Waals surface area contributed by atoms with Gasteiger partial charge in [-0.2, -0.15) is 0 Å². The van der Waals surface area contributed by atoms with Gasteiger partial charge < -0.3 is 4.90 Å². The minimum absolute atomic E-state index is 0.00866. The van der Waals surface area contributed by atoms with Crippen molar-refractivity contribution in [2.45, 2.75) is 24.6 Å². The third-order valence-electron chi connectivity index (χ3n) is 3.91. The molecule has 1 saturated heterocycles. The van der Waals surface area contributed by atoms with Crippen molar-refractivity contribution in [1.29, 1.82) is 0 Å². The van der Waals surface area contributed by atoms with Gasteiger partial charge in [-0.15, -0.1) is 11.6 Å². The van der Waals surface area contributed by atoms with Gasteiger partial charge in [0.2, 0.25) is 5.91 Å². The molecule has 2 heterocycles. The van der Waals surface area contributed by atoms with Crippen molar-refractivity contribution in [3.8, 4) is 0 Å². The fourth-order valence-corrected chi connectivity index (χ4v) is 3.54. The molecule has 0 N–H and O–H groups in total. The molecule has 21 heavy (non-hydrogen) atoms. The number of benzene rings is 1. The summed E-state index contributed by atoms with van der Waals surface area (Å²) in [5.74, 6) is -0.00866. The first-order chi connectivity index (χ1) is 10.2. The van der Waals surface area contributed by atoms with Crippen molar-refractivity contribution in [2.24, 2.45) is 0 Å². The SMILES string of the molecule is O=C(C(Cl)c1ccc(Br)c2cccnc12)N1CCCCC1. The summed E-state index contributed by atoms with van der Waals surface area (Å²) in [7, 11) is 0. The summed E-state index contributed by atoms with van der Waals surface area (Å²) in [6, 6.07) is 7.68. The number of likely N-dealkylation sites (tertiary alicyclic amines) is 1. The van der Waals surface area contributed by atoms with Crippen molar-refractivity contribution in [2.75, 3.05) is 13.1 Å². The molecule has 3 rings (SSSR count). The Labute approximate surface area is 137 Å². The molecule has 1 atom stereocenters. The Hall–Kier alpha value is -1.13. The Kier molecular flexibility index (Phi) is 4.45. The van der Waals surface area contributed by atoms with Crippen LogP contribution >= 0.6 is 27.5 Å². The minimum Gasteiger partial charge on any atom is -0.341 e. The van der Waals surface area contributed by atoms with Crippen LogP contribution in [0.5, 0.6) is 0 Å². The van der Waals surface area contributed by atoms with E-state index in [4.69, 9.17) is 11.6 Å². The van der Waals surface area contributed by atoms with E-state index in [0.29, 0.717) is 0 Å². The molecule has 0 bridgehead atoms. The molecular weight excluding hydrogens is 352 g/mol. The Balaban J connectivity index is 1.96. The zero-order chi connectivity index (χ0) is 14.8. The first-order valence-corrected chi connectivity index (χ1v) is 8.37. The molecule has 3 nitrogen and oxygen atoms in total. The zero-order valence-electron chi connectivity index (χ0n) is 11.6. The monoisotopic (exact) mass is 366 g/mol. The van der Waals surface area contributed by atoms with Gasteiger partial charge in [-0.05, 0) is 31.4 Å². The van der Waals surface area contributed by atoms with E-state index >= 15 is 0 Å². The average Bonchev–Trinajstić information content (AvgIpc) is 2.55. The Morgan fingerprint density at radius 1 is 1.24 bits per heavy atom. The molecular formula is C16H16BrClN2O. The third kappa shape index (κ3) is 2.92. The molecule has 0 saturated carbocycles. The van der Waals surface area contributed by atoms with Crippen molar-refractivity contribution in [3.05, 3.63) is 40.5 Å². The first kappa shape index (κ1) is 14.8.